The maximum absolute atomic E-state index is 12.2. The van der Waals surface area contributed by atoms with Crippen molar-refractivity contribution < 1.29 is 14.5 Å². The molecule has 0 unspecified atom stereocenters. The van der Waals surface area contributed by atoms with Crippen molar-refractivity contribution >= 4 is 29.3 Å². The van der Waals surface area contributed by atoms with Crippen LogP contribution in [0.15, 0.2) is 53.4 Å². The van der Waals surface area contributed by atoms with E-state index in [1.807, 2.05) is 30.3 Å². The van der Waals surface area contributed by atoms with Gasteiger partial charge in [-0.25, -0.2) is 0 Å². The van der Waals surface area contributed by atoms with Crippen molar-refractivity contribution in [2.45, 2.75) is 11.4 Å². The van der Waals surface area contributed by atoms with E-state index >= 15 is 0 Å². The van der Waals surface area contributed by atoms with Crippen LogP contribution < -0.4 is 5.73 Å². The Balaban J connectivity index is 2.03. The Hall–Kier alpha value is -2.87. The molecule has 0 saturated heterocycles. The summed E-state index contributed by atoms with van der Waals surface area (Å²) in [5, 5.41) is 11.2. The molecule has 0 aliphatic carbocycles. The molecule has 0 saturated carbocycles. The predicted molar refractivity (Wildman–Crippen MR) is 95.3 cm³/mol. The third-order valence-electron chi connectivity index (χ3n) is 3.48. The van der Waals surface area contributed by atoms with E-state index in [1.54, 1.807) is 11.9 Å². The average molecular weight is 359 g/mol. The number of thioether (sulfide) groups is 1. The van der Waals surface area contributed by atoms with E-state index in [1.165, 1.54) is 12.1 Å². The van der Waals surface area contributed by atoms with Crippen LogP contribution >= 0.6 is 11.8 Å². The summed E-state index contributed by atoms with van der Waals surface area (Å²) in [6, 6.07) is 13.5. The molecule has 0 fully saturated rings. The summed E-state index contributed by atoms with van der Waals surface area (Å²) in [7, 11) is 1.68. The second kappa shape index (κ2) is 8.29. The van der Waals surface area contributed by atoms with E-state index in [0.29, 0.717) is 11.4 Å². The Bertz CT molecular complexity index is 796. The smallest absolute Gasteiger partial charge is 0.283 e. The van der Waals surface area contributed by atoms with E-state index in [9.17, 15) is 19.7 Å². The molecular formula is C17H17N3O4S. The number of carbonyl (C=O) groups excluding carboxylic acids is 2. The minimum atomic E-state index is -0.738. The molecule has 2 aromatic rings. The van der Waals surface area contributed by atoms with Crippen molar-refractivity contribution in [3.8, 4) is 0 Å². The molecule has 0 aliphatic rings. The average Bonchev–Trinajstić information content (AvgIpc) is 2.60. The number of carbonyl (C=O) groups is 2. The molecule has 130 valence electrons. The van der Waals surface area contributed by atoms with E-state index in [4.69, 9.17) is 5.73 Å². The molecule has 0 bridgehead atoms. The number of nitrogens with zero attached hydrogens (tertiary/aromatic N) is 2. The summed E-state index contributed by atoms with van der Waals surface area (Å²) < 4.78 is 0. The van der Waals surface area contributed by atoms with Crippen LogP contribution in [0.3, 0.4) is 0 Å². The Morgan fingerprint density at radius 3 is 2.48 bits per heavy atom. The first-order chi connectivity index (χ1) is 11.9. The van der Waals surface area contributed by atoms with Crippen LogP contribution in [0.4, 0.5) is 5.69 Å². The van der Waals surface area contributed by atoms with Crippen molar-refractivity contribution in [1.82, 2.24) is 4.90 Å². The largest absolute Gasteiger partial charge is 0.366 e. The van der Waals surface area contributed by atoms with Gasteiger partial charge in [0.25, 0.3) is 5.69 Å². The molecule has 0 radical (unpaired) electrons. The van der Waals surface area contributed by atoms with Crippen molar-refractivity contribution in [3.63, 3.8) is 0 Å². The molecule has 0 spiro atoms. The third kappa shape index (κ3) is 5.05. The fraction of sp³-hybridized carbons (Fsp3) is 0.176. The zero-order valence-electron chi connectivity index (χ0n) is 13.5. The number of nitro groups is 1. The van der Waals surface area contributed by atoms with Crippen molar-refractivity contribution in [2.75, 3.05) is 12.8 Å². The second-order valence-corrected chi connectivity index (χ2v) is 6.35. The maximum Gasteiger partial charge on any atom is 0.283 e. The first kappa shape index (κ1) is 18.5. The van der Waals surface area contributed by atoms with Gasteiger partial charge in [-0.3, -0.25) is 19.7 Å². The zero-order chi connectivity index (χ0) is 18.4. The van der Waals surface area contributed by atoms with Crippen LogP contribution in [0.25, 0.3) is 0 Å². The molecule has 0 aromatic heterocycles. The SMILES string of the molecule is CN(Cc1ccccc1)C(=O)CSc1ccc(C(N)=O)cc1[N+](=O)[O-]. The highest BCUT2D eigenvalue weighted by Gasteiger charge is 2.19. The third-order valence-corrected chi connectivity index (χ3v) is 4.53. The van der Waals surface area contributed by atoms with Crippen LogP contribution in [0.1, 0.15) is 15.9 Å². The van der Waals surface area contributed by atoms with Crippen LogP contribution in [0.5, 0.6) is 0 Å². The summed E-state index contributed by atoms with van der Waals surface area (Å²) in [5.74, 6) is -0.833. The van der Waals surface area contributed by atoms with Gasteiger partial charge >= 0.3 is 0 Å². The molecule has 2 rings (SSSR count). The van der Waals surface area contributed by atoms with Gasteiger partial charge in [-0.2, -0.15) is 0 Å². The summed E-state index contributed by atoms with van der Waals surface area (Å²) in [4.78, 5) is 35.8. The molecule has 2 N–H and O–H groups in total. The number of nitrogens with two attached hydrogens (primary N) is 1. The quantitative estimate of drug-likeness (QED) is 0.464. The van der Waals surface area contributed by atoms with Gasteiger partial charge in [0.2, 0.25) is 11.8 Å². The van der Waals surface area contributed by atoms with Gasteiger partial charge in [0.15, 0.2) is 0 Å². The van der Waals surface area contributed by atoms with E-state index < -0.39 is 10.8 Å². The maximum atomic E-state index is 12.2. The van der Waals surface area contributed by atoms with Gasteiger partial charge in [0, 0.05) is 25.2 Å². The van der Waals surface area contributed by atoms with Crippen LogP contribution in [0, 0.1) is 10.1 Å². The number of amides is 2. The molecule has 2 amide bonds. The number of rotatable bonds is 7. The monoisotopic (exact) mass is 359 g/mol. The summed E-state index contributed by atoms with van der Waals surface area (Å²) in [6.07, 6.45) is 0. The molecule has 0 heterocycles. The molecule has 8 heteroatoms. The Kier molecular flexibility index (Phi) is 6.13. The zero-order valence-corrected chi connectivity index (χ0v) is 14.4. The molecule has 2 aromatic carbocycles. The number of primary amides is 1. The number of hydrogen-bond acceptors (Lipinski definition) is 5. The minimum absolute atomic E-state index is 0.0556. The lowest BCUT2D eigenvalue weighted by Gasteiger charge is -2.17. The number of benzene rings is 2. The first-order valence-electron chi connectivity index (χ1n) is 7.37. The first-order valence-corrected chi connectivity index (χ1v) is 8.36. The van der Waals surface area contributed by atoms with E-state index in [2.05, 4.69) is 0 Å². The van der Waals surface area contributed by atoms with Gasteiger partial charge in [-0.15, -0.1) is 11.8 Å². The topological polar surface area (TPSA) is 107 Å². The summed E-state index contributed by atoms with van der Waals surface area (Å²) in [6.45, 7) is 0.461. The van der Waals surface area contributed by atoms with Crippen LogP contribution in [0.2, 0.25) is 0 Å². The number of hydrogen-bond donors (Lipinski definition) is 1. The molecule has 0 aliphatic heterocycles. The van der Waals surface area contributed by atoms with Crippen molar-refractivity contribution in [2.24, 2.45) is 5.73 Å². The van der Waals surface area contributed by atoms with E-state index in [-0.39, 0.29) is 22.9 Å². The van der Waals surface area contributed by atoms with Crippen LogP contribution in [-0.4, -0.2) is 34.4 Å². The highest BCUT2D eigenvalue weighted by Crippen LogP contribution is 2.30. The highest BCUT2D eigenvalue weighted by molar-refractivity contribution is 8.00. The van der Waals surface area contributed by atoms with Gasteiger partial charge in [-0.05, 0) is 17.7 Å². The second-order valence-electron chi connectivity index (χ2n) is 5.33. The molecule has 7 nitrogen and oxygen atoms in total. The van der Waals surface area contributed by atoms with Gasteiger partial charge in [-0.1, -0.05) is 30.3 Å². The fourth-order valence-corrected chi connectivity index (χ4v) is 3.08. The summed E-state index contributed by atoms with van der Waals surface area (Å²) >= 11 is 1.06. The summed E-state index contributed by atoms with van der Waals surface area (Å²) in [5.41, 5.74) is 5.96. The van der Waals surface area contributed by atoms with Gasteiger partial charge < -0.3 is 10.6 Å². The lowest BCUT2D eigenvalue weighted by molar-refractivity contribution is -0.387. The normalized spacial score (nSPS) is 10.3. The van der Waals surface area contributed by atoms with Gasteiger partial charge in [0.1, 0.15) is 0 Å². The Labute approximate surface area is 149 Å². The van der Waals surface area contributed by atoms with Crippen LogP contribution in [-0.2, 0) is 11.3 Å². The lowest BCUT2D eigenvalue weighted by Crippen LogP contribution is -2.27. The molecule has 25 heavy (non-hydrogen) atoms. The minimum Gasteiger partial charge on any atom is -0.366 e. The predicted octanol–water partition coefficient (Wildman–Crippen LogP) is 2.44. The highest BCUT2D eigenvalue weighted by atomic mass is 32.2. The molecule has 0 atom stereocenters. The standard InChI is InChI=1S/C17H17N3O4S/c1-19(10-12-5-3-2-4-6-12)16(21)11-25-15-8-7-13(17(18)22)9-14(15)20(23)24/h2-9H,10-11H2,1H3,(H2,18,22). The number of nitro benzene ring substituents is 1. The molecular weight excluding hydrogens is 342 g/mol. The lowest BCUT2D eigenvalue weighted by atomic mass is 10.2. The van der Waals surface area contributed by atoms with Crippen molar-refractivity contribution in [1.29, 1.82) is 0 Å². The Morgan fingerprint density at radius 1 is 1.20 bits per heavy atom. The van der Waals surface area contributed by atoms with Crippen molar-refractivity contribution in [3.05, 3.63) is 69.8 Å². The van der Waals surface area contributed by atoms with Gasteiger partial charge in [0.05, 0.1) is 15.6 Å². The Morgan fingerprint density at radius 2 is 1.88 bits per heavy atom. The fourth-order valence-electron chi connectivity index (χ4n) is 2.13. The van der Waals surface area contributed by atoms with E-state index in [0.717, 1.165) is 23.4 Å².